The molecule has 0 amide bonds. The van der Waals surface area contributed by atoms with Crippen molar-refractivity contribution in [3.8, 4) is 0 Å². The van der Waals surface area contributed by atoms with Crippen LogP contribution in [0.1, 0.15) is 62.2 Å². The van der Waals surface area contributed by atoms with Crippen LogP contribution in [0.3, 0.4) is 0 Å². The zero-order chi connectivity index (χ0) is 18.8. The van der Waals surface area contributed by atoms with Gasteiger partial charge >= 0.3 is 7.25 Å². The highest BCUT2D eigenvalue weighted by Crippen LogP contribution is 2.25. The van der Waals surface area contributed by atoms with Gasteiger partial charge in [-0.2, -0.15) is 8.42 Å². The predicted molar refractivity (Wildman–Crippen MR) is 86.5 cm³/mol. The average Bonchev–Trinajstić information content (AvgIpc) is 2.88. The van der Waals surface area contributed by atoms with Crippen LogP contribution >= 0.6 is 0 Å². The number of hydrogen-bond donors (Lipinski definition) is 2. The highest BCUT2D eigenvalue weighted by atomic mass is 32.2. The maximum Gasteiger partial charge on any atom is 0.673 e. The van der Waals surface area contributed by atoms with Crippen molar-refractivity contribution in [1.82, 2.24) is 9.97 Å². The van der Waals surface area contributed by atoms with Crippen molar-refractivity contribution in [3.05, 3.63) is 24.3 Å². The van der Waals surface area contributed by atoms with Crippen LogP contribution in [0, 0.1) is 0 Å². The Kier molecular flexibility index (Phi) is 9.90. The Balaban J connectivity index is 0.000000922. The normalized spacial score (nSPS) is 13.1. The average molecular weight is 373 g/mol. The lowest BCUT2D eigenvalue weighted by molar-refractivity contribution is 0.368. The van der Waals surface area contributed by atoms with Crippen LogP contribution in [0.25, 0.3) is 6.08 Å². The van der Waals surface area contributed by atoms with Gasteiger partial charge in [-0.05, 0) is 12.5 Å². The van der Waals surface area contributed by atoms with E-state index in [1.807, 2.05) is 0 Å². The Hall–Kier alpha value is -1.36. The van der Waals surface area contributed by atoms with Crippen LogP contribution in [0.4, 0.5) is 17.3 Å². The van der Waals surface area contributed by atoms with Gasteiger partial charge in [0.25, 0.3) is 10.1 Å². The Labute approximate surface area is 139 Å². The molecule has 140 valence electrons. The quantitative estimate of drug-likeness (QED) is 0.286. The van der Waals surface area contributed by atoms with E-state index in [0.717, 1.165) is 32.1 Å². The summed E-state index contributed by atoms with van der Waals surface area (Å²) >= 11 is 0. The Morgan fingerprint density at radius 1 is 1.29 bits per heavy atom. The first-order valence-corrected chi connectivity index (χ1v) is 9.00. The number of hydrogen-bond acceptors (Lipinski definition) is 3. The van der Waals surface area contributed by atoms with E-state index in [2.05, 4.69) is 23.5 Å². The minimum Gasteiger partial charge on any atom is -0.418 e. The number of aromatic nitrogens is 2. The van der Waals surface area contributed by atoms with E-state index in [0.29, 0.717) is 12.1 Å². The summed E-state index contributed by atoms with van der Waals surface area (Å²) in [6.45, 7) is 5.70. The van der Waals surface area contributed by atoms with Gasteiger partial charge in [-0.15, -0.1) is 0 Å². The topological polar surface area (TPSA) is 83.1 Å². The molecule has 1 rings (SSSR count). The van der Waals surface area contributed by atoms with E-state index >= 15 is 0 Å². The molecule has 1 unspecified atom stereocenters. The van der Waals surface area contributed by atoms with Crippen LogP contribution in [0.15, 0.2) is 12.8 Å². The van der Waals surface area contributed by atoms with Gasteiger partial charge < -0.3 is 22.2 Å². The molecular formula is C13H22BF4N2O3S-. The van der Waals surface area contributed by atoms with Crippen LogP contribution in [-0.2, 0) is 10.1 Å². The second-order valence-corrected chi connectivity index (χ2v) is 6.73. The van der Waals surface area contributed by atoms with Gasteiger partial charge in [0, 0.05) is 0 Å². The molecule has 0 fully saturated rings. The fourth-order valence-electron chi connectivity index (χ4n) is 1.98. The highest BCUT2D eigenvalue weighted by Gasteiger charge is 2.27. The molecule has 1 aromatic rings. The first kappa shape index (κ1) is 22.6. The summed E-state index contributed by atoms with van der Waals surface area (Å²) in [6.07, 6.45) is 8.55. The molecule has 0 radical (unpaired) electrons. The van der Waals surface area contributed by atoms with Crippen molar-refractivity contribution < 1.29 is 30.2 Å². The van der Waals surface area contributed by atoms with Crippen molar-refractivity contribution in [2.75, 3.05) is 0 Å². The van der Waals surface area contributed by atoms with Gasteiger partial charge in [-0.3, -0.25) is 4.55 Å². The summed E-state index contributed by atoms with van der Waals surface area (Å²) in [7, 11) is -10.1. The molecule has 0 aliphatic heterocycles. The molecule has 0 aliphatic rings. The van der Waals surface area contributed by atoms with Gasteiger partial charge in [-0.25, -0.2) is 4.98 Å². The molecule has 1 atom stereocenters. The molecule has 0 spiro atoms. The number of rotatable bonds is 9. The van der Waals surface area contributed by atoms with Crippen LogP contribution in [0.2, 0.25) is 0 Å². The SMILES string of the molecule is C=Cc1cnc(C(CCCCCCC)S(=O)(=O)O)[nH]1.F[B-](F)(F)F. The second-order valence-electron chi connectivity index (χ2n) is 5.13. The van der Waals surface area contributed by atoms with Gasteiger partial charge in [-0.1, -0.05) is 45.6 Å². The molecule has 11 heteroatoms. The summed E-state index contributed by atoms with van der Waals surface area (Å²) in [4.78, 5) is 6.86. The molecule has 24 heavy (non-hydrogen) atoms. The van der Waals surface area contributed by atoms with Crippen LogP contribution < -0.4 is 0 Å². The minimum atomic E-state index is -6.00. The maximum atomic E-state index is 11.4. The largest absolute Gasteiger partial charge is 0.673 e. The number of nitrogens with zero attached hydrogens (tertiary/aromatic N) is 1. The molecule has 1 aromatic heterocycles. The third kappa shape index (κ3) is 11.2. The first-order valence-electron chi connectivity index (χ1n) is 7.50. The minimum absolute atomic E-state index is 0.285. The second kappa shape index (κ2) is 10.5. The van der Waals surface area contributed by atoms with Gasteiger partial charge in [0.05, 0.1) is 11.9 Å². The number of aromatic amines is 1. The third-order valence-corrected chi connectivity index (χ3v) is 4.25. The van der Waals surface area contributed by atoms with Crippen molar-refractivity contribution in [2.45, 2.75) is 50.7 Å². The number of unbranched alkanes of at least 4 members (excludes halogenated alkanes) is 4. The zero-order valence-electron chi connectivity index (χ0n) is 13.4. The Morgan fingerprint density at radius 2 is 1.83 bits per heavy atom. The molecule has 5 nitrogen and oxygen atoms in total. The fourth-order valence-corrected chi connectivity index (χ4v) is 2.85. The Morgan fingerprint density at radius 3 is 2.25 bits per heavy atom. The van der Waals surface area contributed by atoms with E-state index in [4.69, 9.17) is 0 Å². The van der Waals surface area contributed by atoms with Crippen LogP contribution in [0.5, 0.6) is 0 Å². The summed E-state index contributed by atoms with van der Waals surface area (Å²) < 4.78 is 71.1. The third-order valence-electron chi connectivity index (χ3n) is 3.07. The van der Waals surface area contributed by atoms with E-state index in [1.54, 1.807) is 6.08 Å². The van der Waals surface area contributed by atoms with Gasteiger partial charge in [0.1, 0.15) is 11.1 Å². The fraction of sp³-hybridized carbons (Fsp3) is 0.615. The molecular weight excluding hydrogens is 351 g/mol. The first-order chi connectivity index (χ1) is 11.0. The summed E-state index contributed by atoms with van der Waals surface area (Å²) in [5.74, 6) is 0.285. The van der Waals surface area contributed by atoms with E-state index in [9.17, 15) is 30.2 Å². The molecule has 0 bridgehead atoms. The van der Waals surface area contributed by atoms with Crippen molar-refractivity contribution in [2.24, 2.45) is 0 Å². The van der Waals surface area contributed by atoms with Gasteiger partial charge in [0.2, 0.25) is 0 Å². The monoisotopic (exact) mass is 373 g/mol. The molecule has 0 aromatic carbocycles. The number of halogens is 4. The zero-order valence-corrected chi connectivity index (χ0v) is 14.2. The van der Waals surface area contributed by atoms with E-state index in [1.165, 1.54) is 6.20 Å². The summed E-state index contributed by atoms with van der Waals surface area (Å²) in [5, 5.41) is -0.970. The lowest BCUT2D eigenvalue weighted by Crippen LogP contribution is -2.14. The summed E-state index contributed by atoms with van der Waals surface area (Å²) in [5.41, 5.74) is 0.648. The molecule has 0 aliphatic carbocycles. The standard InChI is InChI=1S/C13H22N2O3S.BF4/c1-3-5-6-7-8-9-12(19(16,17)18)13-14-10-11(4-2)15-13;2-1(3,4)5/h4,10,12H,2-3,5-9H2,1H3,(H,14,15)(H,16,17,18);/q;-1. The number of imidazole rings is 1. The molecule has 0 saturated heterocycles. The van der Waals surface area contributed by atoms with Crippen molar-refractivity contribution >= 4 is 23.4 Å². The lowest BCUT2D eigenvalue weighted by atomic mass is 10.1. The summed E-state index contributed by atoms with van der Waals surface area (Å²) in [6, 6.07) is 0. The van der Waals surface area contributed by atoms with Crippen molar-refractivity contribution in [1.29, 1.82) is 0 Å². The maximum absolute atomic E-state index is 11.4. The van der Waals surface area contributed by atoms with E-state index in [-0.39, 0.29) is 5.82 Å². The Bertz CT molecular complexity index is 584. The van der Waals surface area contributed by atoms with Crippen LogP contribution in [-0.4, -0.2) is 30.2 Å². The molecule has 1 heterocycles. The van der Waals surface area contributed by atoms with Crippen molar-refractivity contribution in [3.63, 3.8) is 0 Å². The molecule has 2 N–H and O–H groups in total. The predicted octanol–water partition coefficient (Wildman–Crippen LogP) is 4.64. The van der Waals surface area contributed by atoms with Gasteiger partial charge in [0.15, 0.2) is 0 Å². The van der Waals surface area contributed by atoms with E-state index < -0.39 is 22.6 Å². The molecule has 0 saturated carbocycles. The highest BCUT2D eigenvalue weighted by molar-refractivity contribution is 7.86. The number of H-pyrrole nitrogens is 1. The lowest BCUT2D eigenvalue weighted by Gasteiger charge is -2.11. The number of nitrogens with one attached hydrogen (secondary N) is 1. The smallest absolute Gasteiger partial charge is 0.418 e.